The van der Waals surface area contributed by atoms with Crippen molar-refractivity contribution in [3.05, 3.63) is 12.8 Å². The van der Waals surface area contributed by atoms with E-state index in [-0.39, 0.29) is 45.5 Å². The monoisotopic (exact) mass is 174 g/mol. The normalized spacial score (nSPS) is 5.14. The van der Waals surface area contributed by atoms with Gasteiger partial charge in [0.2, 0.25) is 0 Å². The number of hydrogen-bond acceptors (Lipinski definition) is 0. The topological polar surface area (TPSA) is 0 Å². The van der Waals surface area contributed by atoms with E-state index in [1.807, 2.05) is 40.5 Å². The van der Waals surface area contributed by atoms with Gasteiger partial charge >= 0.3 is 45.5 Å². The Morgan fingerprint density at radius 3 is 0.714 bits per heavy atom. The zero-order chi connectivity index (χ0) is 5.41. The summed E-state index contributed by atoms with van der Waals surface area (Å²) in [6.45, 7) is 8.00. The fourth-order valence-electron chi connectivity index (χ4n) is 0. The first-order valence-corrected chi connectivity index (χ1v) is 2.31. The molecule has 0 N–H and O–H groups in total. The van der Waals surface area contributed by atoms with Crippen molar-refractivity contribution in [1.82, 2.24) is 0 Å². The minimum absolute atomic E-state index is 0. The van der Waals surface area contributed by atoms with E-state index in [1.54, 1.807) is 0 Å². The van der Waals surface area contributed by atoms with Crippen LogP contribution in [-0.4, -0.2) is 45.5 Å². The van der Waals surface area contributed by atoms with Gasteiger partial charge in [-0.25, -0.2) is 0 Å². The van der Waals surface area contributed by atoms with E-state index >= 15 is 0 Å². The van der Waals surface area contributed by atoms with Crippen molar-refractivity contribution in [3.8, 4) is 0 Å². The summed E-state index contributed by atoms with van der Waals surface area (Å²) in [4.78, 5) is 0. The second kappa shape index (κ2) is 25.9. The smallest absolute Gasteiger partial charge is 0.335 e. The fourth-order valence-corrected chi connectivity index (χ4v) is 0. The van der Waals surface area contributed by atoms with E-state index in [2.05, 4.69) is 0 Å². The Morgan fingerprint density at radius 2 is 0.714 bits per heavy atom. The molecule has 0 aromatic heterocycles. The molecule has 0 amide bonds. The third kappa shape index (κ3) is 103. The van der Waals surface area contributed by atoms with Crippen LogP contribution in [0.2, 0.25) is 0 Å². The molecule has 0 bridgehead atoms. The summed E-state index contributed by atoms with van der Waals surface area (Å²) in [6.07, 6.45) is 4.00. The van der Waals surface area contributed by atoms with Gasteiger partial charge in [-0.3, -0.25) is 0 Å². The van der Waals surface area contributed by atoms with Gasteiger partial charge in [0.05, 0.1) is 0 Å². The number of rotatable bonds is 0. The standard InChI is InChI=1S/2C3H7.Sr/c2*1-3-2;/h2*3H,1-2H3;/q2*-1;+2. The van der Waals surface area contributed by atoms with Gasteiger partial charge in [0.1, 0.15) is 0 Å². The largest absolute Gasteiger partial charge is 2.00 e. The average molecular weight is 174 g/mol. The third-order valence-corrected chi connectivity index (χ3v) is 0. The van der Waals surface area contributed by atoms with Crippen molar-refractivity contribution in [2.24, 2.45) is 0 Å². The molecule has 7 heavy (non-hydrogen) atoms. The molecule has 0 radical (unpaired) electrons. The summed E-state index contributed by atoms with van der Waals surface area (Å²) < 4.78 is 0. The van der Waals surface area contributed by atoms with Crippen LogP contribution in [0.1, 0.15) is 27.7 Å². The summed E-state index contributed by atoms with van der Waals surface area (Å²) in [7, 11) is 0. The van der Waals surface area contributed by atoms with Crippen molar-refractivity contribution >= 4 is 45.5 Å². The molecule has 0 saturated carbocycles. The molecule has 40 valence electrons. The molecule has 0 heterocycles. The van der Waals surface area contributed by atoms with Crippen LogP contribution in [-0.2, 0) is 0 Å². The molecule has 0 atom stereocenters. The Hall–Kier alpha value is 1.48. The predicted octanol–water partition coefficient (Wildman–Crippen LogP) is 2.08. The molecule has 0 aromatic rings. The van der Waals surface area contributed by atoms with E-state index < -0.39 is 0 Å². The molecule has 0 saturated heterocycles. The molecule has 0 aliphatic heterocycles. The molecule has 0 aliphatic rings. The van der Waals surface area contributed by atoms with Crippen molar-refractivity contribution in [2.45, 2.75) is 27.7 Å². The van der Waals surface area contributed by atoms with E-state index in [9.17, 15) is 0 Å². The Morgan fingerprint density at radius 1 is 0.714 bits per heavy atom. The van der Waals surface area contributed by atoms with E-state index in [0.29, 0.717) is 0 Å². The molecular weight excluding hydrogens is 160 g/mol. The van der Waals surface area contributed by atoms with Crippen LogP contribution in [0.3, 0.4) is 0 Å². The predicted molar refractivity (Wildman–Crippen MR) is 37.0 cm³/mol. The van der Waals surface area contributed by atoms with Crippen LogP contribution in [0.25, 0.3) is 0 Å². The average Bonchev–Trinajstić information content (AvgIpc) is 1.39. The quantitative estimate of drug-likeness (QED) is 0.389. The molecule has 0 unspecified atom stereocenters. The van der Waals surface area contributed by atoms with Crippen LogP contribution in [0, 0.1) is 12.8 Å². The van der Waals surface area contributed by atoms with Crippen molar-refractivity contribution in [1.29, 1.82) is 0 Å². The maximum atomic E-state index is 2.00. The van der Waals surface area contributed by atoms with Gasteiger partial charge in [-0.05, 0) is 0 Å². The minimum Gasteiger partial charge on any atom is -0.335 e. The van der Waals surface area contributed by atoms with Gasteiger partial charge in [-0.1, -0.05) is 0 Å². The molecule has 0 rings (SSSR count). The van der Waals surface area contributed by atoms with Crippen molar-refractivity contribution in [2.75, 3.05) is 0 Å². The van der Waals surface area contributed by atoms with Gasteiger partial charge in [0.25, 0.3) is 0 Å². The second-order valence-corrected chi connectivity index (χ2v) is 1.15. The Bertz CT molecular complexity index is 6.14. The zero-order valence-electron chi connectivity index (χ0n) is 5.86. The summed E-state index contributed by atoms with van der Waals surface area (Å²) >= 11 is 0. The SMILES string of the molecule is C[CH-]C.C[CH-]C.[Sr+2]. The van der Waals surface area contributed by atoms with E-state index in [1.165, 1.54) is 0 Å². The molecule has 0 aliphatic carbocycles. The fraction of sp³-hybridized carbons (Fsp3) is 0.667. The maximum absolute atomic E-state index is 2.00. The molecule has 0 spiro atoms. The van der Waals surface area contributed by atoms with Gasteiger partial charge in [-0.15, -0.1) is 0 Å². The van der Waals surface area contributed by atoms with Gasteiger partial charge < -0.3 is 12.8 Å². The first-order valence-electron chi connectivity index (χ1n) is 2.31. The summed E-state index contributed by atoms with van der Waals surface area (Å²) in [6, 6.07) is 0. The molecular formula is C6H14Sr. The summed E-state index contributed by atoms with van der Waals surface area (Å²) in [5.41, 5.74) is 0. The van der Waals surface area contributed by atoms with Crippen LogP contribution in [0.4, 0.5) is 0 Å². The van der Waals surface area contributed by atoms with E-state index in [0.717, 1.165) is 0 Å². The minimum atomic E-state index is 0. The van der Waals surface area contributed by atoms with Crippen LogP contribution in [0.5, 0.6) is 0 Å². The van der Waals surface area contributed by atoms with Crippen LogP contribution in [0.15, 0.2) is 0 Å². The molecule has 0 nitrogen and oxygen atoms in total. The van der Waals surface area contributed by atoms with Crippen LogP contribution >= 0.6 is 0 Å². The van der Waals surface area contributed by atoms with Gasteiger partial charge in [0, 0.05) is 0 Å². The van der Waals surface area contributed by atoms with Gasteiger partial charge in [0.15, 0.2) is 0 Å². The Labute approximate surface area is 85.0 Å². The van der Waals surface area contributed by atoms with E-state index in [4.69, 9.17) is 0 Å². The maximum Gasteiger partial charge on any atom is 2.00 e. The molecule has 0 aromatic carbocycles. The first kappa shape index (κ1) is 15.8. The Balaban J connectivity index is -0.0000000400. The summed E-state index contributed by atoms with van der Waals surface area (Å²) in [5.74, 6) is 0. The third-order valence-electron chi connectivity index (χ3n) is 0. The molecule has 1 heteroatoms. The number of hydrogen-bond donors (Lipinski definition) is 0. The molecule has 0 fully saturated rings. The summed E-state index contributed by atoms with van der Waals surface area (Å²) in [5, 5.41) is 0. The van der Waals surface area contributed by atoms with Crippen molar-refractivity contribution < 1.29 is 0 Å². The first-order chi connectivity index (χ1) is 2.83. The van der Waals surface area contributed by atoms with Gasteiger partial charge in [-0.2, -0.15) is 27.7 Å². The zero-order valence-corrected chi connectivity index (χ0v) is 9.34. The van der Waals surface area contributed by atoms with Crippen LogP contribution < -0.4 is 0 Å². The van der Waals surface area contributed by atoms with Crippen molar-refractivity contribution in [3.63, 3.8) is 0 Å². The second-order valence-electron chi connectivity index (χ2n) is 1.15. The Kier molecular flexibility index (Phi) is 58.5.